The number of aromatic nitrogens is 1. The van der Waals surface area contributed by atoms with Gasteiger partial charge in [0.1, 0.15) is 23.0 Å². The first-order valence-electron chi connectivity index (χ1n) is 9.44. The Morgan fingerprint density at radius 1 is 1.03 bits per heavy atom. The minimum Gasteiger partial charge on any atom is -0.497 e. The molecule has 0 bridgehead atoms. The molecule has 2 aromatic carbocycles. The number of carbonyl (C=O) groups excluding carboxylic acids is 2. The van der Waals surface area contributed by atoms with Gasteiger partial charge in [0.2, 0.25) is 5.78 Å². The molecule has 2 heterocycles. The van der Waals surface area contributed by atoms with Crippen LogP contribution in [0, 0.1) is 6.92 Å². The molecule has 0 fully saturated rings. The molecule has 0 N–H and O–H groups in total. The van der Waals surface area contributed by atoms with Crippen molar-refractivity contribution < 1.29 is 28.5 Å². The summed E-state index contributed by atoms with van der Waals surface area (Å²) in [5, 5.41) is 0. The Hall–Kier alpha value is -4.13. The van der Waals surface area contributed by atoms with E-state index < -0.39 is 5.97 Å². The Balaban J connectivity index is 1.61. The second kappa shape index (κ2) is 8.31. The topological polar surface area (TPSA) is 84.0 Å². The van der Waals surface area contributed by atoms with Crippen LogP contribution in [0.25, 0.3) is 6.08 Å². The van der Waals surface area contributed by atoms with E-state index in [0.717, 1.165) is 0 Å². The van der Waals surface area contributed by atoms with E-state index in [-0.39, 0.29) is 22.9 Å². The highest BCUT2D eigenvalue weighted by Gasteiger charge is 2.30. The van der Waals surface area contributed by atoms with Crippen molar-refractivity contribution in [3.63, 3.8) is 0 Å². The number of esters is 1. The number of rotatable bonds is 5. The summed E-state index contributed by atoms with van der Waals surface area (Å²) < 4.78 is 21.8. The minimum absolute atomic E-state index is 0.165. The average Bonchev–Trinajstić information content (AvgIpc) is 3.11. The van der Waals surface area contributed by atoms with Crippen LogP contribution in [0.2, 0.25) is 0 Å². The summed E-state index contributed by atoms with van der Waals surface area (Å²) >= 11 is 0. The van der Waals surface area contributed by atoms with Crippen LogP contribution in [-0.2, 0) is 0 Å². The van der Waals surface area contributed by atoms with Gasteiger partial charge in [-0.05, 0) is 43.3 Å². The number of fused-ring (bicyclic) bond motifs is 1. The van der Waals surface area contributed by atoms with Crippen LogP contribution in [0.3, 0.4) is 0 Å². The van der Waals surface area contributed by atoms with Crippen molar-refractivity contribution in [2.24, 2.45) is 0 Å². The van der Waals surface area contributed by atoms with E-state index in [9.17, 15) is 9.59 Å². The lowest BCUT2D eigenvalue weighted by molar-refractivity contribution is 0.0732. The maximum Gasteiger partial charge on any atom is 0.343 e. The Kier molecular flexibility index (Phi) is 5.41. The Bertz CT molecular complexity index is 1180. The number of Topliss-reactive ketones (excluding diaryl/α,β-unsaturated/α-hetero) is 1. The van der Waals surface area contributed by atoms with Gasteiger partial charge in [-0.1, -0.05) is 6.07 Å². The quantitative estimate of drug-likeness (QED) is 0.349. The highest BCUT2D eigenvalue weighted by molar-refractivity contribution is 6.15. The summed E-state index contributed by atoms with van der Waals surface area (Å²) in [7, 11) is 3.00. The highest BCUT2D eigenvalue weighted by atomic mass is 16.5. The van der Waals surface area contributed by atoms with Crippen LogP contribution in [0.4, 0.5) is 0 Å². The number of allylic oxidation sites excluding steroid dienone is 1. The molecule has 4 rings (SSSR count). The second-order valence-corrected chi connectivity index (χ2v) is 6.75. The summed E-state index contributed by atoms with van der Waals surface area (Å²) in [4.78, 5) is 29.6. The van der Waals surface area contributed by atoms with Gasteiger partial charge >= 0.3 is 5.97 Å². The second-order valence-electron chi connectivity index (χ2n) is 6.75. The van der Waals surface area contributed by atoms with Crippen LogP contribution in [0.15, 0.2) is 60.5 Å². The molecule has 156 valence electrons. The molecule has 3 aromatic rings. The maximum atomic E-state index is 12.7. The molecule has 0 radical (unpaired) electrons. The third-order valence-electron chi connectivity index (χ3n) is 4.79. The van der Waals surface area contributed by atoms with Crippen molar-refractivity contribution in [3.8, 4) is 23.0 Å². The lowest BCUT2D eigenvalue weighted by Crippen LogP contribution is -2.10. The first-order chi connectivity index (χ1) is 15.0. The average molecular weight is 417 g/mol. The normalized spacial score (nSPS) is 13.5. The van der Waals surface area contributed by atoms with E-state index in [0.29, 0.717) is 34.1 Å². The van der Waals surface area contributed by atoms with Gasteiger partial charge in [0.25, 0.3) is 0 Å². The molecular formula is C24H19NO6. The molecule has 0 unspecified atom stereocenters. The summed E-state index contributed by atoms with van der Waals surface area (Å²) in [6, 6.07) is 13.3. The van der Waals surface area contributed by atoms with Crippen molar-refractivity contribution in [3.05, 3.63) is 82.9 Å². The molecule has 0 spiro atoms. The number of hydrogen-bond donors (Lipinski definition) is 0. The Morgan fingerprint density at radius 3 is 2.42 bits per heavy atom. The molecule has 0 saturated carbocycles. The van der Waals surface area contributed by atoms with Gasteiger partial charge in [0, 0.05) is 23.9 Å². The molecule has 7 nitrogen and oxygen atoms in total. The van der Waals surface area contributed by atoms with E-state index in [4.69, 9.17) is 18.9 Å². The largest absolute Gasteiger partial charge is 0.497 e. The van der Waals surface area contributed by atoms with Crippen LogP contribution in [0.1, 0.15) is 32.0 Å². The number of carbonyl (C=O) groups is 2. The summed E-state index contributed by atoms with van der Waals surface area (Å²) in [5.74, 6) is 0.911. The van der Waals surface area contributed by atoms with Gasteiger partial charge in [-0.25, -0.2) is 4.79 Å². The minimum atomic E-state index is -0.589. The van der Waals surface area contributed by atoms with Gasteiger partial charge in [0.15, 0.2) is 5.76 Å². The highest BCUT2D eigenvalue weighted by Crippen LogP contribution is 2.39. The fourth-order valence-electron chi connectivity index (χ4n) is 3.16. The number of benzene rings is 2. The fourth-order valence-corrected chi connectivity index (χ4v) is 3.16. The van der Waals surface area contributed by atoms with Crippen molar-refractivity contribution in [2.45, 2.75) is 6.92 Å². The molecule has 1 aromatic heterocycles. The van der Waals surface area contributed by atoms with Crippen molar-refractivity contribution >= 4 is 17.8 Å². The Morgan fingerprint density at radius 2 is 1.77 bits per heavy atom. The van der Waals surface area contributed by atoms with Gasteiger partial charge in [-0.15, -0.1) is 0 Å². The van der Waals surface area contributed by atoms with Crippen molar-refractivity contribution in [1.29, 1.82) is 0 Å². The summed E-state index contributed by atoms with van der Waals surface area (Å²) in [6.07, 6.45) is 3.21. The van der Waals surface area contributed by atoms with E-state index >= 15 is 0 Å². The molecule has 31 heavy (non-hydrogen) atoms. The van der Waals surface area contributed by atoms with Gasteiger partial charge in [-0.3, -0.25) is 9.78 Å². The molecule has 1 aliphatic heterocycles. The molecule has 0 amide bonds. The predicted molar refractivity (Wildman–Crippen MR) is 113 cm³/mol. The molecule has 0 saturated heterocycles. The molecule has 0 atom stereocenters. The molecule has 1 aliphatic rings. The maximum absolute atomic E-state index is 12.7. The number of methoxy groups -OCH3 is 2. The van der Waals surface area contributed by atoms with E-state index in [2.05, 4.69) is 4.98 Å². The lowest BCUT2D eigenvalue weighted by Gasteiger charge is -2.11. The summed E-state index contributed by atoms with van der Waals surface area (Å²) in [5.41, 5.74) is 1.82. The predicted octanol–water partition coefficient (Wildman–Crippen LogP) is 4.24. The van der Waals surface area contributed by atoms with Crippen LogP contribution in [0.5, 0.6) is 23.0 Å². The SMILES string of the molecule is COc1cc(OC)cc(C(=O)Oc2ccc3c(c2C)O/C(=C\c2ccccn2)C3=O)c1. The number of pyridine rings is 1. The molecule has 0 aliphatic carbocycles. The number of nitrogens with zero attached hydrogens (tertiary/aromatic N) is 1. The lowest BCUT2D eigenvalue weighted by atomic mass is 10.1. The van der Waals surface area contributed by atoms with Gasteiger partial charge in [0.05, 0.1) is 31.0 Å². The van der Waals surface area contributed by atoms with Crippen LogP contribution < -0.4 is 18.9 Å². The van der Waals surface area contributed by atoms with Crippen molar-refractivity contribution in [1.82, 2.24) is 4.98 Å². The standard InChI is InChI=1S/C24H19NO6/c1-14-20(31-24(27)15-10-17(28-2)13-18(11-15)29-3)8-7-19-22(26)21(30-23(14)19)12-16-6-4-5-9-25-16/h4-13H,1-3H3/b21-12-. The zero-order chi connectivity index (χ0) is 22.0. The third kappa shape index (κ3) is 3.98. The fraction of sp³-hybridized carbons (Fsp3) is 0.125. The third-order valence-corrected chi connectivity index (χ3v) is 4.79. The van der Waals surface area contributed by atoms with Crippen molar-refractivity contribution in [2.75, 3.05) is 14.2 Å². The van der Waals surface area contributed by atoms with E-state index in [1.807, 2.05) is 6.07 Å². The number of ether oxygens (including phenoxy) is 4. The van der Waals surface area contributed by atoms with Crippen LogP contribution in [-0.4, -0.2) is 31.0 Å². The van der Waals surface area contributed by atoms with Gasteiger partial charge < -0.3 is 18.9 Å². The summed E-state index contributed by atoms with van der Waals surface area (Å²) in [6.45, 7) is 1.73. The monoisotopic (exact) mass is 417 g/mol. The first kappa shape index (κ1) is 20.2. The number of hydrogen-bond acceptors (Lipinski definition) is 7. The van der Waals surface area contributed by atoms with E-state index in [1.165, 1.54) is 14.2 Å². The molecular weight excluding hydrogens is 398 g/mol. The Labute approximate surface area is 178 Å². The zero-order valence-corrected chi connectivity index (χ0v) is 17.2. The van der Waals surface area contributed by atoms with E-state index in [1.54, 1.807) is 61.7 Å². The smallest absolute Gasteiger partial charge is 0.343 e. The number of ketones is 1. The molecule has 7 heteroatoms. The van der Waals surface area contributed by atoms with Gasteiger partial charge in [-0.2, -0.15) is 0 Å². The zero-order valence-electron chi connectivity index (χ0n) is 17.2. The first-order valence-corrected chi connectivity index (χ1v) is 9.44. The van der Waals surface area contributed by atoms with Crippen LogP contribution >= 0.6 is 0 Å².